The maximum Gasteiger partial charge on any atom is 0.123 e. The van der Waals surface area contributed by atoms with E-state index in [1.54, 1.807) is 0 Å². The highest BCUT2D eigenvalue weighted by molar-refractivity contribution is 5.36. The smallest absolute Gasteiger partial charge is 0.123 e. The second kappa shape index (κ2) is 6.43. The van der Waals surface area contributed by atoms with E-state index in [1.807, 2.05) is 26.0 Å². The van der Waals surface area contributed by atoms with Crippen LogP contribution in [0, 0.1) is 6.92 Å². The van der Waals surface area contributed by atoms with Crippen LogP contribution in [-0.4, -0.2) is 19.8 Å². The predicted molar refractivity (Wildman–Crippen MR) is 61.1 cm³/mol. The summed E-state index contributed by atoms with van der Waals surface area (Å²) in [5, 5.41) is 0. The van der Waals surface area contributed by atoms with E-state index >= 15 is 0 Å². The van der Waals surface area contributed by atoms with E-state index in [1.165, 1.54) is 5.56 Å². The van der Waals surface area contributed by atoms with Crippen LogP contribution in [0.1, 0.15) is 18.1 Å². The molecule has 0 atom stereocenters. The minimum atomic E-state index is 0.506. The van der Waals surface area contributed by atoms with E-state index in [0.29, 0.717) is 19.8 Å². The number of hydrogen-bond acceptors (Lipinski definition) is 3. The first-order chi connectivity index (χ1) is 7.27. The summed E-state index contributed by atoms with van der Waals surface area (Å²) < 4.78 is 10.8. The summed E-state index contributed by atoms with van der Waals surface area (Å²) in [6.45, 7) is 6.44. The Balaban J connectivity index is 2.52. The van der Waals surface area contributed by atoms with Crippen molar-refractivity contribution < 1.29 is 9.47 Å². The summed E-state index contributed by atoms with van der Waals surface area (Å²) in [6, 6.07) is 6.04. The molecule has 0 radical (unpaired) electrons. The van der Waals surface area contributed by atoms with Crippen molar-refractivity contribution in [3.05, 3.63) is 29.3 Å². The van der Waals surface area contributed by atoms with E-state index in [-0.39, 0.29) is 0 Å². The molecule has 0 aromatic heterocycles. The van der Waals surface area contributed by atoms with Crippen LogP contribution in [0.5, 0.6) is 5.75 Å². The van der Waals surface area contributed by atoms with Gasteiger partial charge in [0.2, 0.25) is 0 Å². The second-order valence-corrected chi connectivity index (χ2v) is 3.36. The Morgan fingerprint density at radius 3 is 2.73 bits per heavy atom. The molecule has 0 bridgehead atoms. The van der Waals surface area contributed by atoms with Crippen LogP contribution in [0.3, 0.4) is 0 Å². The maximum atomic E-state index is 5.64. The fourth-order valence-electron chi connectivity index (χ4n) is 1.36. The normalized spacial score (nSPS) is 10.3. The minimum absolute atomic E-state index is 0.506. The zero-order chi connectivity index (χ0) is 11.1. The molecule has 84 valence electrons. The van der Waals surface area contributed by atoms with Gasteiger partial charge in [-0.1, -0.05) is 17.7 Å². The molecule has 0 amide bonds. The summed E-state index contributed by atoms with van der Waals surface area (Å²) in [4.78, 5) is 0. The lowest BCUT2D eigenvalue weighted by atomic mass is 10.1. The van der Waals surface area contributed by atoms with Crippen molar-refractivity contribution in [2.24, 2.45) is 5.73 Å². The Morgan fingerprint density at radius 2 is 2.07 bits per heavy atom. The third-order valence-electron chi connectivity index (χ3n) is 2.13. The van der Waals surface area contributed by atoms with Crippen molar-refractivity contribution in [3.63, 3.8) is 0 Å². The topological polar surface area (TPSA) is 44.5 Å². The Kier molecular flexibility index (Phi) is 5.15. The number of ether oxygens (including phenoxy) is 2. The van der Waals surface area contributed by atoms with Crippen molar-refractivity contribution >= 4 is 0 Å². The molecule has 2 N–H and O–H groups in total. The van der Waals surface area contributed by atoms with E-state index < -0.39 is 0 Å². The van der Waals surface area contributed by atoms with Gasteiger partial charge in [0.25, 0.3) is 0 Å². The van der Waals surface area contributed by atoms with Gasteiger partial charge in [-0.15, -0.1) is 0 Å². The maximum absolute atomic E-state index is 5.64. The Morgan fingerprint density at radius 1 is 1.27 bits per heavy atom. The summed E-state index contributed by atoms with van der Waals surface area (Å²) in [5.74, 6) is 0.864. The lowest BCUT2D eigenvalue weighted by Crippen LogP contribution is -2.09. The van der Waals surface area contributed by atoms with E-state index in [9.17, 15) is 0 Å². The van der Waals surface area contributed by atoms with Crippen molar-refractivity contribution in [2.75, 3.05) is 19.8 Å². The van der Waals surface area contributed by atoms with E-state index in [4.69, 9.17) is 15.2 Å². The van der Waals surface area contributed by atoms with Crippen molar-refractivity contribution in [1.29, 1.82) is 0 Å². The molecule has 15 heavy (non-hydrogen) atoms. The number of aryl methyl sites for hydroxylation is 1. The first-order valence-electron chi connectivity index (χ1n) is 5.28. The van der Waals surface area contributed by atoms with Gasteiger partial charge in [0.05, 0.1) is 6.61 Å². The average Bonchev–Trinajstić information content (AvgIpc) is 2.26. The highest BCUT2D eigenvalue weighted by atomic mass is 16.5. The van der Waals surface area contributed by atoms with Gasteiger partial charge in [-0.25, -0.2) is 0 Å². The molecule has 0 aliphatic rings. The van der Waals surface area contributed by atoms with Crippen LogP contribution in [0.15, 0.2) is 18.2 Å². The Hall–Kier alpha value is -1.06. The van der Waals surface area contributed by atoms with Crippen molar-refractivity contribution in [3.8, 4) is 5.75 Å². The van der Waals surface area contributed by atoms with Crippen molar-refractivity contribution in [2.45, 2.75) is 20.4 Å². The average molecular weight is 209 g/mol. The molecule has 0 aliphatic heterocycles. The second-order valence-electron chi connectivity index (χ2n) is 3.36. The van der Waals surface area contributed by atoms with Crippen molar-refractivity contribution in [1.82, 2.24) is 0 Å². The molecule has 1 rings (SSSR count). The van der Waals surface area contributed by atoms with Gasteiger partial charge >= 0.3 is 0 Å². The van der Waals surface area contributed by atoms with Crippen LogP contribution < -0.4 is 10.5 Å². The standard InChI is InChI=1S/C12H19NO2/c1-3-14-6-7-15-12-5-4-10(2)8-11(12)9-13/h4-5,8H,3,6-7,9,13H2,1-2H3. The fraction of sp³-hybridized carbons (Fsp3) is 0.500. The predicted octanol–water partition coefficient (Wildman–Crippen LogP) is 1.87. The molecular weight excluding hydrogens is 190 g/mol. The van der Waals surface area contributed by atoms with E-state index in [2.05, 4.69) is 6.07 Å². The molecule has 0 spiro atoms. The minimum Gasteiger partial charge on any atom is -0.491 e. The molecule has 1 aromatic rings. The van der Waals surface area contributed by atoms with Gasteiger partial charge in [0, 0.05) is 18.7 Å². The van der Waals surface area contributed by atoms with Crippen LogP contribution in [-0.2, 0) is 11.3 Å². The lowest BCUT2D eigenvalue weighted by molar-refractivity contribution is 0.110. The lowest BCUT2D eigenvalue weighted by Gasteiger charge is -2.10. The highest BCUT2D eigenvalue weighted by Crippen LogP contribution is 2.19. The van der Waals surface area contributed by atoms with Gasteiger partial charge < -0.3 is 15.2 Å². The Labute approximate surface area is 91.2 Å². The number of nitrogens with two attached hydrogens (primary N) is 1. The molecule has 0 saturated heterocycles. The van der Waals surface area contributed by atoms with E-state index in [0.717, 1.165) is 17.9 Å². The highest BCUT2D eigenvalue weighted by Gasteiger charge is 2.01. The molecule has 0 aliphatic carbocycles. The molecule has 0 saturated carbocycles. The third kappa shape index (κ3) is 3.90. The molecule has 0 heterocycles. The van der Waals surface area contributed by atoms with Gasteiger partial charge in [0.15, 0.2) is 0 Å². The third-order valence-corrected chi connectivity index (χ3v) is 2.13. The zero-order valence-electron chi connectivity index (χ0n) is 9.45. The molecule has 0 unspecified atom stereocenters. The summed E-state index contributed by atoms with van der Waals surface area (Å²) in [7, 11) is 0. The first-order valence-corrected chi connectivity index (χ1v) is 5.28. The molecule has 0 fully saturated rings. The molecular formula is C12H19NO2. The van der Waals surface area contributed by atoms with Crippen LogP contribution >= 0.6 is 0 Å². The Bertz CT molecular complexity index is 300. The SMILES string of the molecule is CCOCCOc1ccc(C)cc1CN. The summed E-state index contributed by atoms with van der Waals surface area (Å²) in [6.07, 6.45) is 0. The summed E-state index contributed by atoms with van der Waals surface area (Å²) in [5.41, 5.74) is 7.89. The van der Waals surface area contributed by atoms with Crippen LogP contribution in [0.25, 0.3) is 0 Å². The van der Waals surface area contributed by atoms with Gasteiger partial charge in [-0.3, -0.25) is 0 Å². The van der Waals surface area contributed by atoms with Gasteiger partial charge in [-0.05, 0) is 19.9 Å². The first kappa shape index (κ1) is 12.0. The van der Waals surface area contributed by atoms with Gasteiger partial charge in [-0.2, -0.15) is 0 Å². The molecule has 3 heteroatoms. The summed E-state index contributed by atoms with van der Waals surface area (Å²) >= 11 is 0. The quantitative estimate of drug-likeness (QED) is 0.727. The fourth-order valence-corrected chi connectivity index (χ4v) is 1.36. The van der Waals surface area contributed by atoms with Gasteiger partial charge in [0.1, 0.15) is 12.4 Å². The van der Waals surface area contributed by atoms with Crippen LogP contribution in [0.2, 0.25) is 0 Å². The number of benzene rings is 1. The molecule has 3 nitrogen and oxygen atoms in total. The largest absolute Gasteiger partial charge is 0.491 e. The number of rotatable bonds is 6. The molecule has 1 aromatic carbocycles. The zero-order valence-corrected chi connectivity index (χ0v) is 9.45. The monoisotopic (exact) mass is 209 g/mol. The number of hydrogen-bond donors (Lipinski definition) is 1. The van der Waals surface area contributed by atoms with Crippen LogP contribution in [0.4, 0.5) is 0 Å².